The summed E-state index contributed by atoms with van der Waals surface area (Å²) in [6.45, 7) is 2.07. The number of para-hydroxylation sites is 1. The fraction of sp³-hybridized carbons (Fsp3) is 0.118. The van der Waals surface area contributed by atoms with Crippen molar-refractivity contribution >= 4 is 0 Å². The molecule has 4 nitrogen and oxygen atoms in total. The number of aryl methyl sites for hydroxylation is 1. The Morgan fingerprint density at radius 3 is 2.38 bits per heavy atom. The first kappa shape index (κ1) is 13.5. The number of benzene rings is 2. The summed E-state index contributed by atoms with van der Waals surface area (Å²) in [6, 6.07) is 18.3. The SMILES string of the molecule is Cc1ccc(C(NN)c2cnn(-c3ccccc3)c2)cc1. The summed E-state index contributed by atoms with van der Waals surface area (Å²) in [5.74, 6) is 5.74. The number of nitrogens with two attached hydrogens (primary N) is 1. The summed E-state index contributed by atoms with van der Waals surface area (Å²) < 4.78 is 1.86. The molecule has 0 fully saturated rings. The van der Waals surface area contributed by atoms with Crippen LogP contribution in [0.5, 0.6) is 0 Å². The molecule has 21 heavy (non-hydrogen) atoms. The van der Waals surface area contributed by atoms with Crippen LogP contribution in [0.1, 0.15) is 22.7 Å². The molecule has 1 heterocycles. The molecule has 3 aromatic rings. The number of rotatable bonds is 4. The van der Waals surface area contributed by atoms with E-state index in [-0.39, 0.29) is 6.04 Å². The number of hydrogen-bond acceptors (Lipinski definition) is 3. The first-order valence-electron chi connectivity index (χ1n) is 6.90. The van der Waals surface area contributed by atoms with E-state index >= 15 is 0 Å². The lowest BCUT2D eigenvalue weighted by atomic mass is 10.0. The van der Waals surface area contributed by atoms with E-state index in [1.807, 2.05) is 47.4 Å². The predicted molar refractivity (Wildman–Crippen MR) is 83.9 cm³/mol. The Labute approximate surface area is 124 Å². The fourth-order valence-corrected chi connectivity index (χ4v) is 2.35. The summed E-state index contributed by atoms with van der Waals surface area (Å²) in [5, 5.41) is 4.42. The highest BCUT2D eigenvalue weighted by Crippen LogP contribution is 2.22. The molecule has 106 valence electrons. The van der Waals surface area contributed by atoms with Gasteiger partial charge in [-0.05, 0) is 24.6 Å². The molecule has 4 heteroatoms. The molecule has 0 saturated carbocycles. The average molecular weight is 278 g/mol. The maximum atomic E-state index is 5.74. The van der Waals surface area contributed by atoms with Crippen LogP contribution in [0.2, 0.25) is 0 Å². The fourth-order valence-electron chi connectivity index (χ4n) is 2.35. The Kier molecular flexibility index (Phi) is 3.81. The van der Waals surface area contributed by atoms with Gasteiger partial charge in [0, 0.05) is 11.8 Å². The normalized spacial score (nSPS) is 12.3. The van der Waals surface area contributed by atoms with Gasteiger partial charge in [-0.25, -0.2) is 10.1 Å². The minimum Gasteiger partial charge on any atom is -0.271 e. The maximum absolute atomic E-state index is 5.74. The van der Waals surface area contributed by atoms with Crippen LogP contribution >= 0.6 is 0 Å². The first-order valence-corrected chi connectivity index (χ1v) is 6.90. The molecule has 1 aromatic heterocycles. The predicted octanol–water partition coefficient (Wildman–Crippen LogP) is 2.73. The van der Waals surface area contributed by atoms with E-state index in [0.29, 0.717) is 0 Å². The van der Waals surface area contributed by atoms with Gasteiger partial charge in [-0.2, -0.15) is 5.10 Å². The van der Waals surface area contributed by atoms with Crippen LogP contribution in [0.15, 0.2) is 67.0 Å². The summed E-state index contributed by atoms with van der Waals surface area (Å²) >= 11 is 0. The number of nitrogens with one attached hydrogen (secondary N) is 1. The minimum absolute atomic E-state index is 0.0666. The third-order valence-electron chi connectivity index (χ3n) is 3.53. The quantitative estimate of drug-likeness (QED) is 0.570. The van der Waals surface area contributed by atoms with Gasteiger partial charge in [0.15, 0.2) is 0 Å². The number of nitrogens with zero attached hydrogens (tertiary/aromatic N) is 2. The van der Waals surface area contributed by atoms with E-state index in [0.717, 1.165) is 16.8 Å². The summed E-state index contributed by atoms with van der Waals surface area (Å²) in [7, 11) is 0. The molecule has 1 atom stereocenters. The summed E-state index contributed by atoms with van der Waals surface area (Å²) in [6.07, 6.45) is 3.84. The molecule has 0 aliphatic heterocycles. The number of hydrogen-bond donors (Lipinski definition) is 2. The highest BCUT2D eigenvalue weighted by molar-refractivity contribution is 5.35. The van der Waals surface area contributed by atoms with Crippen molar-refractivity contribution in [3.63, 3.8) is 0 Å². The third-order valence-corrected chi connectivity index (χ3v) is 3.53. The molecule has 0 aliphatic rings. The van der Waals surface area contributed by atoms with Crippen LogP contribution < -0.4 is 11.3 Å². The van der Waals surface area contributed by atoms with Gasteiger partial charge in [-0.1, -0.05) is 48.0 Å². The second kappa shape index (κ2) is 5.91. The van der Waals surface area contributed by atoms with E-state index in [2.05, 4.69) is 41.7 Å². The zero-order valence-electron chi connectivity index (χ0n) is 11.9. The first-order chi connectivity index (χ1) is 10.3. The molecule has 0 aliphatic carbocycles. The maximum Gasteiger partial charge on any atom is 0.0740 e. The van der Waals surface area contributed by atoms with E-state index in [9.17, 15) is 0 Å². The average Bonchev–Trinajstić information content (AvgIpc) is 3.00. The molecule has 0 amide bonds. The van der Waals surface area contributed by atoms with Gasteiger partial charge >= 0.3 is 0 Å². The van der Waals surface area contributed by atoms with Gasteiger partial charge < -0.3 is 0 Å². The largest absolute Gasteiger partial charge is 0.271 e. The van der Waals surface area contributed by atoms with Gasteiger partial charge in [0.1, 0.15) is 0 Å². The van der Waals surface area contributed by atoms with E-state index < -0.39 is 0 Å². The molecular weight excluding hydrogens is 260 g/mol. The van der Waals surface area contributed by atoms with Crippen molar-refractivity contribution in [1.29, 1.82) is 0 Å². The van der Waals surface area contributed by atoms with Crippen molar-refractivity contribution in [3.05, 3.63) is 83.7 Å². The lowest BCUT2D eigenvalue weighted by Gasteiger charge is -2.14. The van der Waals surface area contributed by atoms with E-state index in [4.69, 9.17) is 5.84 Å². The molecule has 0 radical (unpaired) electrons. The van der Waals surface area contributed by atoms with E-state index in [1.54, 1.807) is 0 Å². The van der Waals surface area contributed by atoms with Crippen LogP contribution in [0.4, 0.5) is 0 Å². The van der Waals surface area contributed by atoms with Crippen molar-refractivity contribution in [2.45, 2.75) is 13.0 Å². The Bertz CT molecular complexity index is 701. The number of aromatic nitrogens is 2. The molecule has 0 bridgehead atoms. The Hall–Kier alpha value is -2.43. The monoisotopic (exact) mass is 278 g/mol. The Balaban J connectivity index is 1.92. The van der Waals surface area contributed by atoms with Crippen LogP contribution in [0.25, 0.3) is 5.69 Å². The van der Waals surface area contributed by atoms with Crippen LogP contribution in [0.3, 0.4) is 0 Å². The molecule has 2 aromatic carbocycles. The smallest absolute Gasteiger partial charge is 0.0740 e. The highest BCUT2D eigenvalue weighted by Gasteiger charge is 2.14. The Morgan fingerprint density at radius 1 is 1.00 bits per heavy atom. The minimum atomic E-state index is -0.0666. The van der Waals surface area contributed by atoms with Crippen LogP contribution in [0, 0.1) is 6.92 Å². The van der Waals surface area contributed by atoms with Gasteiger partial charge in [0.2, 0.25) is 0 Å². The summed E-state index contributed by atoms with van der Waals surface area (Å²) in [5.41, 5.74) is 7.28. The van der Waals surface area contributed by atoms with Gasteiger partial charge in [-0.15, -0.1) is 0 Å². The highest BCUT2D eigenvalue weighted by atomic mass is 15.3. The second-order valence-corrected chi connectivity index (χ2v) is 5.06. The molecule has 0 saturated heterocycles. The van der Waals surface area contributed by atoms with E-state index in [1.165, 1.54) is 5.56 Å². The van der Waals surface area contributed by atoms with Gasteiger partial charge in [0.05, 0.1) is 17.9 Å². The molecule has 0 spiro atoms. The van der Waals surface area contributed by atoms with Crippen molar-refractivity contribution in [1.82, 2.24) is 15.2 Å². The third kappa shape index (κ3) is 2.86. The lowest BCUT2D eigenvalue weighted by molar-refractivity contribution is 0.636. The molecular formula is C17H18N4. The van der Waals surface area contributed by atoms with Gasteiger partial charge in [0.25, 0.3) is 0 Å². The second-order valence-electron chi connectivity index (χ2n) is 5.06. The molecule has 1 unspecified atom stereocenters. The topological polar surface area (TPSA) is 55.9 Å². The molecule has 3 N–H and O–H groups in total. The van der Waals surface area contributed by atoms with Crippen molar-refractivity contribution in [3.8, 4) is 5.69 Å². The van der Waals surface area contributed by atoms with Crippen LogP contribution in [-0.4, -0.2) is 9.78 Å². The number of hydrazine groups is 1. The zero-order chi connectivity index (χ0) is 14.7. The summed E-state index contributed by atoms with van der Waals surface area (Å²) in [4.78, 5) is 0. The zero-order valence-corrected chi connectivity index (χ0v) is 11.9. The van der Waals surface area contributed by atoms with Crippen molar-refractivity contribution in [2.24, 2.45) is 5.84 Å². The van der Waals surface area contributed by atoms with Crippen LogP contribution in [-0.2, 0) is 0 Å². The van der Waals surface area contributed by atoms with Crippen molar-refractivity contribution < 1.29 is 0 Å². The molecule has 3 rings (SSSR count). The standard InChI is InChI=1S/C17H18N4/c1-13-7-9-14(10-8-13)17(20-18)15-11-19-21(12-15)16-5-3-2-4-6-16/h2-12,17,20H,18H2,1H3. The lowest BCUT2D eigenvalue weighted by Crippen LogP contribution is -2.28. The Morgan fingerprint density at radius 2 is 1.71 bits per heavy atom. The van der Waals surface area contributed by atoms with Gasteiger partial charge in [-0.3, -0.25) is 5.84 Å². The van der Waals surface area contributed by atoms with Crippen molar-refractivity contribution in [2.75, 3.05) is 0 Å².